The number of hydrogen-bond acceptors (Lipinski definition) is 8. The van der Waals surface area contributed by atoms with E-state index in [-0.39, 0.29) is 23.1 Å². The molecule has 0 saturated heterocycles. The highest BCUT2D eigenvalue weighted by Crippen LogP contribution is 2.32. The lowest BCUT2D eigenvalue weighted by molar-refractivity contribution is -0.189. The lowest BCUT2D eigenvalue weighted by Crippen LogP contribution is -2.32. The molecule has 0 aliphatic carbocycles. The maximum Gasteiger partial charge on any atom is 0.425 e. The molecule has 2 rings (SSSR count). The maximum atomic E-state index is 14.8. The largest absolute Gasteiger partial charge is 0.480 e. The molecule has 10 nitrogen and oxygen atoms in total. The number of H-pyrrole nitrogens is 1. The number of aromatic nitrogens is 2. The monoisotopic (exact) mass is 521 g/mol. The third-order valence-electron chi connectivity index (χ3n) is 4.31. The number of carbonyl (C=O) groups excluding carboxylic acids is 3. The van der Waals surface area contributed by atoms with Gasteiger partial charge in [0.05, 0.1) is 23.6 Å². The quantitative estimate of drug-likeness (QED) is 0.149. The number of rotatable bonds is 9. The Labute approximate surface area is 201 Å². The number of Topliss-reactive ketones (excluding diaryl/α,β-unsaturated/α-hetero) is 1. The van der Waals surface area contributed by atoms with Crippen LogP contribution in [0, 0.1) is 12.7 Å². The minimum atomic E-state index is -4.82. The number of carbonyl (C=O) groups is 3. The van der Waals surface area contributed by atoms with Crippen molar-refractivity contribution in [1.82, 2.24) is 10.2 Å². The molecule has 15 heteroatoms. The number of hydrazone groups is 1. The van der Waals surface area contributed by atoms with Gasteiger partial charge in [0.15, 0.2) is 11.9 Å². The summed E-state index contributed by atoms with van der Waals surface area (Å²) in [6.45, 7) is 4.58. The number of nitrogens with zero attached hydrogens (tertiary/aromatic N) is 2. The van der Waals surface area contributed by atoms with Crippen LogP contribution in [-0.4, -0.2) is 52.5 Å². The Morgan fingerprint density at radius 1 is 1.29 bits per heavy atom. The van der Waals surface area contributed by atoms with Crippen LogP contribution in [0.2, 0.25) is 5.15 Å². The molecule has 190 valence electrons. The summed E-state index contributed by atoms with van der Waals surface area (Å²) < 4.78 is 63.6. The van der Waals surface area contributed by atoms with E-state index < -0.39 is 58.5 Å². The standard InChI is InChI=1S/C20H20ClF4N5O5/c1-5-34-19(33)16(9(3)31)29-28-13-7-14(35-10(4)20(23,24)25)11(6-12(13)22)18(32)26-15-8(2)27-30-17(15)21/h6-7,10,28H,5H2,1-4H3,(H,26,32)(H,27,30)/t10-/m0/s1. The summed E-state index contributed by atoms with van der Waals surface area (Å²) >= 11 is 5.88. The molecule has 0 bridgehead atoms. The number of hydrogen-bond donors (Lipinski definition) is 3. The highest BCUT2D eigenvalue weighted by Gasteiger charge is 2.39. The van der Waals surface area contributed by atoms with Gasteiger partial charge in [-0.15, -0.1) is 0 Å². The Hall–Kier alpha value is -3.68. The van der Waals surface area contributed by atoms with Crippen molar-refractivity contribution in [2.75, 3.05) is 17.3 Å². The Balaban J connectivity index is 2.50. The number of halogens is 5. The minimum Gasteiger partial charge on any atom is -0.480 e. The van der Waals surface area contributed by atoms with E-state index in [2.05, 4.69) is 30.8 Å². The molecule has 0 unspecified atom stereocenters. The average Bonchev–Trinajstić information content (AvgIpc) is 3.06. The van der Waals surface area contributed by atoms with Gasteiger partial charge in [0.25, 0.3) is 5.91 Å². The first-order valence-electron chi connectivity index (χ1n) is 9.86. The predicted octanol–water partition coefficient (Wildman–Crippen LogP) is 4.01. The molecule has 0 saturated carbocycles. The molecule has 1 aromatic carbocycles. The number of amides is 1. The second-order valence-corrected chi connectivity index (χ2v) is 7.31. The summed E-state index contributed by atoms with van der Waals surface area (Å²) in [6, 6.07) is 1.31. The molecule has 1 atom stereocenters. The van der Waals surface area contributed by atoms with E-state index in [1.54, 1.807) is 0 Å². The molecule has 0 spiro atoms. The highest BCUT2D eigenvalue weighted by molar-refractivity contribution is 6.64. The summed E-state index contributed by atoms with van der Waals surface area (Å²) in [5.74, 6) is -4.80. The number of aromatic amines is 1. The van der Waals surface area contributed by atoms with Gasteiger partial charge in [-0.3, -0.25) is 20.1 Å². The van der Waals surface area contributed by atoms with Crippen molar-refractivity contribution < 1.29 is 41.4 Å². The van der Waals surface area contributed by atoms with Gasteiger partial charge in [0, 0.05) is 13.0 Å². The Morgan fingerprint density at radius 3 is 2.46 bits per heavy atom. The molecule has 0 radical (unpaired) electrons. The van der Waals surface area contributed by atoms with Crippen LogP contribution in [0.3, 0.4) is 0 Å². The van der Waals surface area contributed by atoms with Gasteiger partial charge >= 0.3 is 12.1 Å². The van der Waals surface area contributed by atoms with E-state index in [0.29, 0.717) is 13.0 Å². The van der Waals surface area contributed by atoms with Gasteiger partial charge in [-0.05, 0) is 26.8 Å². The summed E-state index contributed by atoms with van der Waals surface area (Å²) in [4.78, 5) is 36.2. The fourth-order valence-corrected chi connectivity index (χ4v) is 2.71. The predicted molar refractivity (Wildman–Crippen MR) is 117 cm³/mol. The zero-order valence-electron chi connectivity index (χ0n) is 18.8. The first kappa shape index (κ1) is 27.6. The number of benzene rings is 1. The second-order valence-electron chi connectivity index (χ2n) is 6.93. The fourth-order valence-electron chi connectivity index (χ4n) is 2.48. The molecule has 0 fully saturated rings. The highest BCUT2D eigenvalue weighted by atomic mass is 35.5. The molecule has 0 aliphatic heterocycles. The molecule has 0 aliphatic rings. The zero-order chi connectivity index (χ0) is 26.5. The molecule has 1 aromatic heterocycles. The smallest absolute Gasteiger partial charge is 0.425 e. The topological polar surface area (TPSA) is 135 Å². The van der Waals surface area contributed by atoms with E-state index in [0.717, 1.165) is 13.0 Å². The number of esters is 1. The van der Waals surface area contributed by atoms with Crippen molar-refractivity contribution in [3.8, 4) is 5.75 Å². The Kier molecular flexibility index (Phi) is 8.79. The number of nitrogens with one attached hydrogen (secondary N) is 3. The van der Waals surface area contributed by atoms with Crippen LogP contribution >= 0.6 is 11.6 Å². The number of aryl methyl sites for hydroxylation is 1. The van der Waals surface area contributed by atoms with Gasteiger partial charge in [0.2, 0.25) is 5.71 Å². The molecular weight excluding hydrogens is 502 g/mol. The Morgan fingerprint density at radius 2 is 1.94 bits per heavy atom. The third-order valence-corrected chi connectivity index (χ3v) is 4.58. The third kappa shape index (κ3) is 6.91. The van der Waals surface area contributed by atoms with Crippen LogP contribution in [0.25, 0.3) is 0 Å². The van der Waals surface area contributed by atoms with Gasteiger partial charge in [-0.1, -0.05) is 11.6 Å². The second kappa shape index (κ2) is 11.2. The van der Waals surface area contributed by atoms with Crippen molar-refractivity contribution in [1.29, 1.82) is 0 Å². The van der Waals surface area contributed by atoms with Gasteiger partial charge in [-0.2, -0.15) is 23.4 Å². The van der Waals surface area contributed by atoms with Crippen molar-refractivity contribution in [3.05, 3.63) is 34.4 Å². The first-order chi connectivity index (χ1) is 16.3. The normalized spacial score (nSPS) is 12.7. The van der Waals surface area contributed by atoms with Crippen LogP contribution in [0.15, 0.2) is 17.2 Å². The van der Waals surface area contributed by atoms with E-state index in [9.17, 15) is 31.9 Å². The van der Waals surface area contributed by atoms with Crippen LogP contribution < -0.4 is 15.5 Å². The lowest BCUT2D eigenvalue weighted by atomic mass is 10.1. The molecule has 1 heterocycles. The molecule has 2 aromatic rings. The summed E-state index contributed by atoms with van der Waals surface area (Å²) in [5, 5.41) is 11.9. The molecule has 35 heavy (non-hydrogen) atoms. The van der Waals surface area contributed by atoms with Gasteiger partial charge in [0.1, 0.15) is 22.4 Å². The van der Waals surface area contributed by atoms with Crippen LogP contribution in [0.1, 0.15) is 36.8 Å². The van der Waals surface area contributed by atoms with E-state index in [4.69, 9.17) is 16.3 Å². The minimum absolute atomic E-state index is 0.0271. The summed E-state index contributed by atoms with van der Waals surface area (Å²) in [7, 11) is 0. The summed E-state index contributed by atoms with van der Waals surface area (Å²) in [6.07, 6.45) is -7.20. The van der Waals surface area contributed by atoms with E-state index >= 15 is 0 Å². The van der Waals surface area contributed by atoms with Crippen molar-refractivity contribution >= 4 is 46.3 Å². The van der Waals surface area contributed by atoms with E-state index in [1.165, 1.54) is 13.8 Å². The molecular formula is C20H20ClF4N5O5. The van der Waals surface area contributed by atoms with Crippen molar-refractivity contribution in [3.63, 3.8) is 0 Å². The Bertz CT molecular complexity index is 1150. The lowest BCUT2D eigenvalue weighted by Gasteiger charge is -2.20. The average molecular weight is 522 g/mol. The van der Waals surface area contributed by atoms with Crippen molar-refractivity contribution in [2.45, 2.75) is 40.0 Å². The van der Waals surface area contributed by atoms with Gasteiger partial charge in [-0.25, -0.2) is 9.18 Å². The first-order valence-corrected chi connectivity index (χ1v) is 10.2. The summed E-state index contributed by atoms with van der Waals surface area (Å²) in [5.41, 5.74) is 0.449. The molecule has 3 N–H and O–H groups in total. The van der Waals surface area contributed by atoms with Crippen LogP contribution in [-0.2, 0) is 14.3 Å². The molecule has 1 amide bonds. The van der Waals surface area contributed by atoms with Gasteiger partial charge < -0.3 is 14.8 Å². The number of ketones is 1. The van der Waals surface area contributed by atoms with Crippen LogP contribution in [0.5, 0.6) is 5.75 Å². The number of alkyl halides is 3. The van der Waals surface area contributed by atoms with Crippen LogP contribution in [0.4, 0.5) is 28.9 Å². The van der Waals surface area contributed by atoms with Crippen molar-refractivity contribution in [2.24, 2.45) is 5.10 Å². The number of ether oxygens (including phenoxy) is 2. The fraction of sp³-hybridized carbons (Fsp3) is 0.350. The van der Waals surface area contributed by atoms with E-state index in [1.807, 2.05) is 0 Å². The maximum absolute atomic E-state index is 14.8. The number of anilines is 2. The zero-order valence-corrected chi connectivity index (χ0v) is 19.5. The SMILES string of the molecule is CCOC(=O)C(=NNc1cc(O[C@@H](C)C(F)(F)F)c(C(=O)Nc2c(C)n[nH]c2Cl)cc1F)C(C)=O.